The minimum Gasteiger partial charge on any atom is -0.307 e. The SMILES string of the molecule is c1ccc(-c2ccc(-c3cc(-c4ccccc4-n4c5ccccc5c5ccc6c7ccccc7n(-c7nc(-c8ccccc8)nc(-c8ccccc8)n7)c6c54)cc(-c4ccccc4)n3)cc2)cc1. The van der Waals surface area contributed by atoms with Crippen LogP contribution in [0.25, 0.3) is 123 Å². The summed E-state index contributed by atoms with van der Waals surface area (Å²) in [5.41, 5.74) is 15.5. The summed E-state index contributed by atoms with van der Waals surface area (Å²) in [5, 5.41) is 4.50. The summed E-state index contributed by atoms with van der Waals surface area (Å²) >= 11 is 0. The summed E-state index contributed by atoms with van der Waals surface area (Å²) in [4.78, 5) is 21.1. The van der Waals surface area contributed by atoms with Gasteiger partial charge in [-0.25, -0.2) is 9.97 Å². The van der Waals surface area contributed by atoms with Gasteiger partial charge in [0.05, 0.1) is 39.1 Å². The number of fused-ring (bicyclic) bond motifs is 7. The van der Waals surface area contributed by atoms with Crippen LogP contribution < -0.4 is 0 Å². The summed E-state index contributed by atoms with van der Waals surface area (Å²) in [6.07, 6.45) is 0. The molecule has 0 N–H and O–H groups in total. The van der Waals surface area contributed by atoms with Gasteiger partial charge in [0.2, 0.25) is 5.95 Å². The van der Waals surface area contributed by atoms with Gasteiger partial charge in [0.25, 0.3) is 0 Å². The average Bonchev–Trinajstić information content (AvgIpc) is 3.95. The molecule has 4 aromatic heterocycles. The summed E-state index contributed by atoms with van der Waals surface area (Å²) in [5.74, 6) is 1.76. The quantitative estimate of drug-likeness (QED) is 0.153. The lowest BCUT2D eigenvalue weighted by molar-refractivity contribution is 0.953. The zero-order chi connectivity index (χ0) is 45.0. The molecule has 0 aliphatic rings. The molecule has 0 bridgehead atoms. The Morgan fingerprint density at radius 3 is 1.25 bits per heavy atom. The fourth-order valence-corrected chi connectivity index (χ4v) is 9.82. The van der Waals surface area contributed by atoms with Crippen LogP contribution in [0.3, 0.4) is 0 Å². The molecule has 0 unspecified atom stereocenters. The zero-order valence-electron chi connectivity index (χ0n) is 36.8. The van der Waals surface area contributed by atoms with Gasteiger partial charge in [-0.15, -0.1) is 0 Å². The van der Waals surface area contributed by atoms with E-state index in [9.17, 15) is 0 Å². The monoisotopic (exact) mass is 868 g/mol. The summed E-state index contributed by atoms with van der Waals surface area (Å²) in [6, 6.07) is 85.2. The maximum absolute atomic E-state index is 5.33. The van der Waals surface area contributed by atoms with E-state index < -0.39 is 0 Å². The molecule has 0 atom stereocenters. The van der Waals surface area contributed by atoms with E-state index in [2.05, 4.69) is 215 Å². The van der Waals surface area contributed by atoms with Gasteiger partial charge in [-0.3, -0.25) is 4.57 Å². The Bertz CT molecular complexity index is 3930. The first-order valence-corrected chi connectivity index (χ1v) is 22.9. The number of nitrogens with zero attached hydrogens (tertiary/aromatic N) is 6. The van der Waals surface area contributed by atoms with Crippen molar-refractivity contribution in [3.63, 3.8) is 0 Å². The van der Waals surface area contributed by atoms with Crippen molar-refractivity contribution in [1.82, 2.24) is 29.1 Å². The van der Waals surface area contributed by atoms with E-state index >= 15 is 0 Å². The van der Waals surface area contributed by atoms with E-state index in [1.807, 2.05) is 36.4 Å². The molecule has 0 fully saturated rings. The normalized spacial score (nSPS) is 11.5. The van der Waals surface area contributed by atoms with Crippen molar-refractivity contribution in [3.8, 4) is 79.2 Å². The van der Waals surface area contributed by atoms with E-state index in [1.165, 1.54) is 11.1 Å². The van der Waals surface area contributed by atoms with E-state index in [4.69, 9.17) is 19.9 Å². The minimum atomic E-state index is 0.547. The van der Waals surface area contributed by atoms with Gasteiger partial charge < -0.3 is 4.57 Å². The Labute approximate surface area is 392 Å². The Morgan fingerprint density at radius 2 is 0.676 bits per heavy atom. The predicted octanol–water partition coefficient (Wildman–Crippen LogP) is 15.5. The molecule has 13 aromatic rings. The van der Waals surface area contributed by atoms with E-state index in [0.717, 1.165) is 94.1 Å². The van der Waals surface area contributed by atoms with Crippen LogP contribution in [-0.4, -0.2) is 29.1 Å². The highest BCUT2D eigenvalue weighted by atomic mass is 15.2. The van der Waals surface area contributed by atoms with Crippen LogP contribution >= 0.6 is 0 Å². The van der Waals surface area contributed by atoms with Gasteiger partial charge in [0, 0.05) is 49.4 Å². The molecule has 0 saturated carbocycles. The number of hydrogen-bond acceptors (Lipinski definition) is 4. The smallest absolute Gasteiger partial charge is 0.238 e. The summed E-state index contributed by atoms with van der Waals surface area (Å²) < 4.78 is 4.70. The first kappa shape index (κ1) is 39.1. The van der Waals surface area contributed by atoms with Crippen LogP contribution in [0.5, 0.6) is 0 Å². The van der Waals surface area contributed by atoms with Crippen LogP contribution in [0.2, 0.25) is 0 Å². The molecule has 6 heteroatoms. The zero-order valence-corrected chi connectivity index (χ0v) is 36.8. The highest BCUT2D eigenvalue weighted by molar-refractivity contribution is 6.24. The Hall–Kier alpha value is -9.26. The predicted molar refractivity (Wildman–Crippen MR) is 279 cm³/mol. The molecule has 4 heterocycles. The average molecular weight is 869 g/mol. The third-order valence-corrected chi connectivity index (χ3v) is 13.0. The van der Waals surface area contributed by atoms with Crippen LogP contribution in [0, 0.1) is 0 Å². The molecule has 0 aliphatic carbocycles. The van der Waals surface area contributed by atoms with E-state index in [0.29, 0.717) is 17.6 Å². The standard InChI is InChI=1S/C62H40N6/c1-5-19-41(20-6-1)42-33-35-44(36-34-42)54-40-47(39-53(63-54)43-21-7-2-8-22-43)48-27-13-16-30-55(48)67-56-31-17-14-28-49(56)51-37-38-52-50-29-15-18-32-57(50)68(59(52)58(51)67)62-65-60(45-23-9-3-10-24-45)64-61(66-62)46-25-11-4-12-26-46/h1-40H. The van der Waals surface area contributed by atoms with Gasteiger partial charge >= 0.3 is 0 Å². The second kappa shape index (κ2) is 16.3. The van der Waals surface area contributed by atoms with E-state index in [1.54, 1.807) is 0 Å². The van der Waals surface area contributed by atoms with Gasteiger partial charge in [0.1, 0.15) is 0 Å². The van der Waals surface area contributed by atoms with Gasteiger partial charge in [-0.05, 0) is 47.0 Å². The van der Waals surface area contributed by atoms with Crippen molar-refractivity contribution >= 4 is 43.6 Å². The fraction of sp³-hybridized carbons (Fsp3) is 0. The van der Waals surface area contributed by atoms with Crippen molar-refractivity contribution in [3.05, 3.63) is 243 Å². The number of rotatable bonds is 8. The number of hydrogen-bond donors (Lipinski definition) is 0. The molecule has 6 nitrogen and oxygen atoms in total. The largest absolute Gasteiger partial charge is 0.307 e. The molecule has 0 amide bonds. The van der Waals surface area contributed by atoms with Gasteiger partial charge in [-0.1, -0.05) is 212 Å². The molecule has 318 valence electrons. The lowest BCUT2D eigenvalue weighted by Crippen LogP contribution is -2.07. The highest BCUT2D eigenvalue weighted by Gasteiger charge is 2.25. The minimum absolute atomic E-state index is 0.547. The highest BCUT2D eigenvalue weighted by Crippen LogP contribution is 2.44. The molecule has 68 heavy (non-hydrogen) atoms. The number of pyridine rings is 1. The van der Waals surface area contributed by atoms with Crippen LogP contribution in [-0.2, 0) is 0 Å². The molecular weight excluding hydrogens is 829 g/mol. The molecule has 0 radical (unpaired) electrons. The lowest BCUT2D eigenvalue weighted by atomic mass is 9.97. The maximum atomic E-state index is 5.33. The van der Waals surface area contributed by atoms with Crippen molar-refractivity contribution in [2.45, 2.75) is 0 Å². The molecule has 9 aromatic carbocycles. The first-order chi connectivity index (χ1) is 33.7. The second-order valence-corrected chi connectivity index (χ2v) is 17.0. The number of aromatic nitrogens is 6. The Kier molecular flexibility index (Phi) is 9.39. The summed E-state index contributed by atoms with van der Waals surface area (Å²) in [6.45, 7) is 0. The number of para-hydroxylation sites is 3. The lowest BCUT2D eigenvalue weighted by Gasteiger charge is -2.17. The molecular formula is C62H40N6. The maximum Gasteiger partial charge on any atom is 0.238 e. The molecule has 13 rings (SSSR count). The van der Waals surface area contributed by atoms with Crippen LogP contribution in [0.4, 0.5) is 0 Å². The van der Waals surface area contributed by atoms with Crippen LogP contribution in [0.15, 0.2) is 243 Å². The second-order valence-electron chi connectivity index (χ2n) is 17.0. The van der Waals surface area contributed by atoms with Gasteiger partial charge in [-0.2, -0.15) is 9.97 Å². The Morgan fingerprint density at radius 1 is 0.265 bits per heavy atom. The van der Waals surface area contributed by atoms with Crippen molar-refractivity contribution in [2.75, 3.05) is 0 Å². The Balaban J connectivity index is 1.09. The third-order valence-electron chi connectivity index (χ3n) is 13.0. The van der Waals surface area contributed by atoms with E-state index in [-0.39, 0.29) is 0 Å². The molecule has 0 spiro atoms. The van der Waals surface area contributed by atoms with Gasteiger partial charge in [0.15, 0.2) is 11.6 Å². The van der Waals surface area contributed by atoms with Crippen molar-refractivity contribution in [1.29, 1.82) is 0 Å². The molecule has 0 aliphatic heterocycles. The third kappa shape index (κ3) is 6.66. The topological polar surface area (TPSA) is 61.4 Å². The van der Waals surface area contributed by atoms with Crippen LogP contribution in [0.1, 0.15) is 0 Å². The summed E-state index contributed by atoms with van der Waals surface area (Å²) in [7, 11) is 0. The fourth-order valence-electron chi connectivity index (χ4n) is 9.82. The first-order valence-electron chi connectivity index (χ1n) is 22.9. The number of benzene rings is 9. The van der Waals surface area contributed by atoms with Crippen molar-refractivity contribution in [2.24, 2.45) is 0 Å². The molecule has 0 saturated heterocycles. The van der Waals surface area contributed by atoms with Crippen molar-refractivity contribution < 1.29 is 0 Å².